The molecule has 0 bridgehead atoms. The van der Waals surface area contributed by atoms with Gasteiger partial charge >= 0.3 is 0 Å². The van der Waals surface area contributed by atoms with Crippen LogP contribution in [0.2, 0.25) is 5.02 Å². The van der Waals surface area contributed by atoms with E-state index in [0.29, 0.717) is 16.6 Å². The first kappa shape index (κ1) is 14.7. The summed E-state index contributed by atoms with van der Waals surface area (Å²) >= 11 is 6.06. The van der Waals surface area contributed by atoms with Crippen LogP contribution in [0.25, 0.3) is 11.0 Å². The van der Waals surface area contributed by atoms with Crippen LogP contribution in [0.1, 0.15) is 63.6 Å². The Morgan fingerprint density at radius 2 is 2.05 bits per heavy atom. The van der Waals surface area contributed by atoms with E-state index in [1.165, 1.54) is 44.9 Å². The monoisotopic (exact) mass is 305 g/mol. The average molecular weight is 306 g/mol. The number of nitrogen functional groups attached to an aromatic ring is 1. The van der Waals surface area contributed by atoms with Gasteiger partial charge in [-0.15, -0.1) is 0 Å². The van der Waals surface area contributed by atoms with Crippen LogP contribution in [0, 0.1) is 5.92 Å². The third-order valence-corrected chi connectivity index (χ3v) is 5.02. The Labute approximate surface area is 131 Å². The van der Waals surface area contributed by atoms with E-state index in [9.17, 15) is 0 Å². The number of anilines is 1. The minimum Gasteiger partial charge on any atom is -0.397 e. The quantitative estimate of drug-likeness (QED) is 0.757. The van der Waals surface area contributed by atoms with Crippen LogP contribution in [-0.4, -0.2) is 9.97 Å². The van der Waals surface area contributed by atoms with E-state index in [2.05, 4.69) is 11.9 Å². The topological polar surface area (TPSA) is 54.7 Å². The zero-order valence-electron chi connectivity index (χ0n) is 12.7. The van der Waals surface area contributed by atoms with Crippen molar-refractivity contribution in [2.45, 2.75) is 57.8 Å². The first-order valence-electron chi connectivity index (χ1n) is 8.12. The molecule has 0 radical (unpaired) electrons. The largest absolute Gasteiger partial charge is 0.397 e. The van der Waals surface area contributed by atoms with Crippen molar-refractivity contribution in [2.24, 2.45) is 5.92 Å². The molecule has 3 nitrogen and oxygen atoms in total. The van der Waals surface area contributed by atoms with Gasteiger partial charge in [-0.25, -0.2) is 4.98 Å². The minimum atomic E-state index is 0.549. The van der Waals surface area contributed by atoms with Crippen LogP contribution in [0.3, 0.4) is 0 Å². The van der Waals surface area contributed by atoms with Crippen LogP contribution in [0.15, 0.2) is 12.1 Å². The minimum absolute atomic E-state index is 0.549. The molecule has 21 heavy (non-hydrogen) atoms. The molecule has 1 saturated carbocycles. The molecule has 3 rings (SSSR count). The van der Waals surface area contributed by atoms with Crippen molar-refractivity contribution in [1.29, 1.82) is 0 Å². The summed E-state index contributed by atoms with van der Waals surface area (Å²) in [4.78, 5) is 8.15. The second-order valence-corrected chi connectivity index (χ2v) is 6.81. The van der Waals surface area contributed by atoms with Gasteiger partial charge in [-0.05, 0) is 43.7 Å². The highest BCUT2D eigenvalue weighted by Gasteiger charge is 2.24. The number of aromatic amines is 1. The lowest BCUT2D eigenvalue weighted by Gasteiger charge is -2.27. The summed E-state index contributed by atoms with van der Waals surface area (Å²) in [6.07, 6.45) is 9.21. The summed E-state index contributed by atoms with van der Waals surface area (Å²) in [5.41, 5.74) is 8.50. The number of benzene rings is 1. The Bertz CT molecular complexity index is 612. The second kappa shape index (κ2) is 6.27. The van der Waals surface area contributed by atoms with E-state index in [1.807, 2.05) is 6.07 Å². The van der Waals surface area contributed by atoms with Gasteiger partial charge in [0.05, 0.1) is 11.2 Å². The van der Waals surface area contributed by atoms with Crippen molar-refractivity contribution in [2.75, 3.05) is 5.73 Å². The lowest BCUT2D eigenvalue weighted by atomic mass is 9.79. The molecule has 0 aliphatic heterocycles. The lowest BCUT2D eigenvalue weighted by molar-refractivity contribution is 0.299. The molecule has 3 N–H and O–H groups in total. The molecule has 0 atom stereocenters. The van der Waals surface area contributed by atoms with Crippen molar-refractivity contribution in [3.05, 3.63) is 23.0 Å². The number of aromatic nitrogens is 2. The molecule has 1 aliphatic rings. The maximum atomic E-state index is 6.06. The van der Waals surface area contributed by atoms with Crippen LogP contribution in [0.4, 0.5) is 5.69 Å². The standard InChI is InChI=1S/C17H24ClN3/c1-2-3-4-11-5-7-12(8-6-11)17-20-15-10-13(18)9-14(19)16(15)21-17/h9-12H,2-8,19H2,1H3,(H,20,21). The fourth-order valence-electron chi connectivity index (χ4n) is 3.54. The van der Waals surface area contributed by atoms with Gasteiger partial charge in [0.1, 0.15) is 11.3 Å². The van der Waals surface area contributed by atoms with Gasteiger partial charge in [0, 0.05) is 10.9 Å². The maximum Gasteiger partial charge on any atom is 0.112 e. The fourth-order valence-corrected chi connectivity index (χ4v) is 3.76. The molecule has 1 aromatic heterocycles. The van der Waals surface area contributed by atoms with Gasteiger partial charge in [0.25, 0.3) is 0 Å². The first-order chi connectivity index (χ1) is 10.2. The van der Waals surface area contributed by atoms with Crippen LogP contribution in [-0.2, 0) is 0 Å². The molecule has 0 spiro atoms. The number of H-pyrrole nitrogens is 1. The number of rotatable bonds is 4. The number of hydrogen-bond donors (Lipinski definition) is 2. The van der Waals surface area contributed by atoms with Gasteiger partial charge < -0.3 is 10.7 Å². The van der Waals surface area contributed by atoms with E-state index in [1.54, 1.807) is 6.07 Å². The van der Waals surface area contributed by atoms with Gasteiger partial charge in [0.2, 0.25) is 0 Å². The predicted octanol–water partition coefficient (Wildman–Crippen LogP) is 5.26. The summed E-state index contributed by atoms with van der Waals surface area (Å²) in [7, 11) is 0. The number of nitrogens with zero attached hydrogens (tertiary/aromatic N) is 1. The Hall–Kier alpha value is -1.22. The smallest absolute Gasteiger partial charge is 0.112 e. The Kier molecular flexibility index (Phi) is 4.39. The van der Waals surface area contributed by atoms with Gasteiger partial charge in [-0.3, -0.25) is 0 Å². The van der Waals surface area contributed by atoms with E-state index >= 15 is 0 Å². The molecule has 1 fully saturated rings. The molecule has 114 valence electrons. The van der Waals surface area contributed by atoms with Crippen molar-refractivity contribution in [1.82, 2.24) is 9.97 Å². The molecule has 0 saturated heterocycles. The van der Waals surface area contributed by atoms with Crippen molar-refractivity contribution >= 4 is 28.3 Å². The molecule has 1 aromatic carbocycles. The van der Waals surface area contributed by atoms with E-state index in [4.69, 9.17) is 22.3 Å². The highest BCUT2D eigenvalue weighted by Crippen LogP contribution is 2.37. The van der Waals surface area contributed by atoms with Crippen LogP contribution >= 0.6 is 11.6 Å². The Balaban J connectivity index is 1.72. The van der Waals surface area contributed by atoms with E-state index in [0.717, 1.165) is 22.8 Å². The highest BCUT2D eigenvalue weighted by atomic mass is 35.5. The zero-order valence-corrected chi connectivity index (χ0v) is 13.4. The van der Waals surface area contributed by atoms with Crippen LogP contribution < -0.4 is 5.73 Å². The normalized spacial score (nSPS) is 22.8. The summed E-state index contributed by atoms with van der Waals surface area (Å²) in [5.74, 6) is 2.56. The SMILES string of the molecule is CCCCC1CCC(c2nc3c(N)cc(Cl)cc3[nH]2)CC1. The average Bonchev–Trinajstić information content (AvgIpc) is 2.90. The number of unbranched alkanes of at least 4 members (excludes halogenated alkanes) is 1. The first-order valence-corrected chi connectivity index (χ1v) is 8.49. The lowest BCUT2D eigenvalue weighted by Crippen LogP contribution is -2.14. The maximum absolute atomic E-state index is 6.06. The van der Waals surface area contributed by atoms with Gasteiger partial charge in [-0.1, -0.05) is 37.8 Å². The van der Waals surface area contributed by atoms with Gasteiger partial charge in [-0.2, -0.15) is 0 Å². The highest BCUT2D eigenvalue weighted by molar-refractivity contribution is 6.31. The van der Waals surface area contributed by atoms with E-state index in [-0.39, 0.29) is 0 Å². The fraction of sp³-hybridized carbons (Fsp3) is 0.588. The zero-order chi connectivity index (χ0) is 14.8. The number of halogens is 1. The third kappa shape index (κ3) is 3.18. The second-order valence-electron chi connectivity index (χ2n) is 6.37. The molecule has 4 heteroatoms. The number of hydrogen-bond acceptors (Lipinski definition) is 2. The number of nitrogens with one attached hydrogen (secondary N) is 1. The molecular weight excluding hydrogens is 282 g/mol. The van der Waals surface area contributed by atoms with Crippen LogP contribution in [0.5, 0.6) is 0 Å². The predicted molar refractivity (Wildman–Crippen MR) is 89.7 cm³/mol. The Morgan fingerprint density at radius 3 is 2.76 bits per heavy atom. The van der Waals surface area contributed by atoms with E-state index < -0.39 is 0 Å². The molecule has 1 aliphatic carbocycles. The molecule has 0 amide bonds. The van der Waals surface area contributed by atoms with Gasteiger partial charge in [0.15, 0.2) is 0 Å². The van der Waals surface area contributed by atoms with Crippen molar-refractivity contribution in [3.8, 4) is 0 Å². The third-order valence-electron chi connectivity index (χ3n) is 4.80. The van der Waals surface area contributed by atoms with Crippen molar-refractivity contribution in [3.63, 3.8) is 0 Å². The summed E-state index contributed by atoms with van der Waals surface area (Å²) in [6, 6.07) is 3.69. The summed E-state index contributed by atoms with van der Waals surface area (Å²) < 4.78 is 0. The number of fused-ring (bicyclic) bond motifs is 1. The van der Waals surface area contributed by atoms with Crippen molar-refractivity contribution < 1.29 is 0 Å². The molecular formula is C17H24ClN3. The number of imidazole rings is 1. The molecule has 0 unspecified atom stereocenters. The Morgan fingerprint density at radius 1 is 1.29 bits per heavy atom. The number of nitrogens with two attached hydrogens (primary N) is 1. The molecule has 1 heterocycles. The summed E-state index contributed by atoms with van der Waals surface area (Å²) in [5, 5.41) is 0.665. The summed E-state index contributed by atoms with van der Waals surface area (Å²) in [6.45, 7) is 2.27. The molecule has 2 aromatic rings.